The third-order valence-electron chi connectivity index (χ3n) is 3.24. The Kier molecular flexibility index (Phi) is 5.33. The highest BCUT2D eigenvalue weighted by atomic mass is 35.5. The molecular formula is C17H15ClN2O2S. The molecule has 23 heavy (non-hydrogen) atoms. The average Bonchev–Trinajstić information content (AvgIpc) is 3.05. The summed E-state index contributed by atoms with van der Waals surface area (Å²) in [6.45, 7) is 0. The molecule has 4 nitrogen and oxygen atoms in total. The number of aromatic nitrogens is 2. The smallest absolute Gasteiger partial charge is 0.247 e. The molecule has 3 aromatic rings. The number of aliphatic hydroxyl groups excluding tert-OH is 1. The molecule has 0 aliphatic rings. The van der Waals surface area contributed by atoms with Crippen LogP contribution in [0, 0.1) is 0 Å². The fraction of sp³-hybridized carbons (Fsp3) is 0.176. The summed E-state index contributed by atoms with van der Waals surface area (Å²) in [5.41, 5.74) is 1.75. The molecule has 118 valence electrons. The number of thioether (sulfide) groups is 1. The average molecular weight is 347 g/mol. The Labute approximate surface area is 143 Å². The lowest BCUT2D eigenvalue weighted by molar-refractivity contribution is 0.204. The maximum atomic E-state index is 10.1. The van der Waals surface area contributed by atoms with Crippen molar-refractivity contribution in [3.8, 4) is 11.5 Å². The first-order valence-electron chi connectivity index (χ1n) is 7.11. The standard InChI is InChI=1S/C17H15ClN2O2S/c18-14-8-6-13(7-9-14)17-20-19-16(22-17)11-23-10-15(21)12-4-2-1-3-5-12/h1-9,15,21H,10-11H2. The highest BCUT2D eigenvalue weighted by molar-refractivity contribution is 7.98. The highest BCUT2D eigenvalue weighted by Crippen LogP contribution is 2.24. The minimum atomic E-state index is -0.500. The Bertz CT molecular complexity index is 747. The zero-order valence-electron chi connectivity index (χ0n) is 12.2. The Hall–Kier alpha value is -1.82. The molecule has 0 saturated heterocycles. The van der Waals surface area contributed by atoms with E-state index < -0.39 is 6.10 Å². The predicted octanol–water partition coefficient (Wildman–Crippen LogP) is 4.36. The van der Waals surface area contributed by atoms with Crippen LogP contribution < -0.4 is 0 Å². The van der Waals surface area contributed by atoms with Crippen LogP contribution in [0.5, 0.6) is 0 Å². The van der Waals surface area contributed by atoms with E-state index in [1.807, 2.05) is 42.5 Å². The molecule has 0 spiro atoms. The molecule has 1 unspecified atom stereocenters. The third kappa shape index (κ3) is 4.34. The van der Waals surface area contributed by atoms with Gasteiger partial charge in [0, 0.05) is 16.3 Å². The van der Waals surface area contributed by atoms with E-state index in [4.69, 9.17) is 16.0 Å². The maximum Gasteiger partial charge on any atom is 0.247 e. The molecule has 0 radical (unpaired) electrons. The molecule has 0 amide bonds. The molecule has 2 aromatic carbocycles. The van der Waals surface area contributed by atoms with E-state index in [2.05, 4.69) is 10.2 Å². The topological polar surface area (TPSA) is 59.2 Å². The van der Waals surface area contributed by atoms with Gasteiger partial charge in [-0.3, -0.25) is 0 Å². The molecule has 1 aromatic heterocycles. The molecule has 0 aliphatic carbocycles. The Morgan fingerprint density at radius 3 is 2.52 bits per heavy atom. The van der Waals surface area contributed by atoms with E-state index in [1.165, 1.54) is 0 Å². The van der Waals surface area contributed by atoms with Gasteiger partial charge < -0.3 is 9.52 Å². The van der Waals surface area contributed by atoms with Gasteiger partial charge in [0.25, 0.3) is 0 Å². The van der Waals surface area contributed by atoms with E-state index in [0.29, 0.717) is 28.3 Å². The van der Waals surface area contributed by atoms with Crippen LogP contribution in [-0.2, 0) is 5.75 Å². The van der Waals surface area contributed by atoms with Crippen LogP contribution in [0.25, 0.3) is 11.5 Å². The fourth-order valence-electron chi connectivity index (χ4n) is 2.05. The lowest BCUT2D eigenvalue weighted by Gasteiger charge is -2.09. The van der Waals surface area contributed by atoms with Crippen molar-refractivity contribution < 1.29 is 9.52 Å². The highest BCUT2D eigenvalue weighted by Gasteiger charge is 2.11. The zero-order chi connectivity index (χ0) is 16.1. The van der Waals surface area contributed by atoms with E-state index >= 15 is 0 Å². The van der Waals surface area contributed by atoms with Crippen molar-refractivity contribution >= 4 is 23.4 Å². The van der Waals surface area contributed by atoms with Crippen LogP contribution in [0.3, 0.4) is 0 Å². The Morgan fingerprint density at radius 2 is 1.78 bits per heavy atom. The van der Waals surface area contributed by atoms with Crippen LogP contribution >= 0.6 is 23.4 Å². The normalized spacial score (nSPS) is 12.3. The van der Waals surface area contributed by atoms with Gasteiger partial charge in [-0.05, 0) is 29.8 Å². The van der Waals surface area contributed by atoms with Crippen molar-refractivity contribution in [1.82, 2.24) is 10.2 Å². The fourth-order valence-corrected chi connectivity index (χ4v) is 3.00. The number of nitrogens with zero attached hydrogens (tertiary/aromatic N) is 2. The summed E-state index contributed by atoms with van der Waals surface area (Å²) in [6, 6.07) is 16.8. The second-order valence-corrected chi connectivity index (χ2v) is 6.42. The van der Waals surface area contributed by atoms with Crippen molar-refractivity contribution in [3.63, 3.8) is 0 Å². The molecule has 6 heteroatoms. The molecule has 1 atom stereocenters. The summed E-state index contributed by atoms with van der Waals surface area (Å²) in [5, 5.41) is 18.8. The van der Waals surface area contributed by atoms with Crippen LogP contribution in [0.15, 0.2) is 59.0 Å². The molecule has 0 fully saturated rings. The van der Waals surface area contributed by atoms with Crippen molar-refractivity contribution in [2.24, 2.45) is 0 Å². The summed E-state index contributed by atoms with van der Waals surface area (Å²) in [7, 11) is 0. The Balaban J connectivity index is 1.54. The van der Waals surface area contributed by atoms with E-state index in [1.54, 1.807) is 23.9 Å². The summed E-state index contributed by atoms with van der Waals surface area (Å²) in [4.78, 5) is 0. The lowest BCUT2D eigenvalue weighted by Crippen LogP contribution is -2.00. The minimum absolute atomic E-state index is 0.473. The van der Waals surface area contributed by atoms with Crippen molar-refractivity contribution in [2.75, 3.05) is 5.75 Å². The van der Waals surface area contributed by atoms with Crippen LogP contribution in [-0.4, -0.2) is 21.1 Å². The van der Waals surface area contributed by atoms with Gasteiger partial charge in [0.15, 0.2) is 0 Å². The first kappa shape index (κ1) is 16.1. The van der Waals surface area contributed by atoms with Gasteiger partial charge in [0.1, 0.15) is 0 Å². The molecule has 1 N–H and O–H groups in total. The SMILES string of the molecule is OC(CSCc1nnc(-c2ccc(Cl)cc2)o1)c1ccccc1. The number of benzene rings is 2. The van der Waals surface area contributed by atoms with Crippen molar-refractivity contribution in [3.05, 3.63) is 71.1 Å². The number of aliphatic hydroxyl groups is 1. The van der Waals surface area contributed by atoms with Gasteiger partial charge in [-0.1, -0.05) is 41.9 Å². The number of halogens is 1. The maximum absolute atomic E-state index is 10.1. The summed E-state index contributed by atoms with van der Waals surface area (Å²) in [6.07, 6.45) is -0.500. The molecule has 0 saturated carbocycles. The summed E-state index contributed by atoms with van der Waals surface area (Å²) >= 11 is 7.41. The van der Waals surface area contributed by atoms with Gasteiger partial charge in [-0.25, -0.2) is 0 Å². The molecule has 0 aliphatic heterocycles. The quantitative estimate of drug-likeness (QED) is 0.718. The first-order chi connectivity index (χ1) is 11.2. The summed E-state index contributed by atoms with van der Waals surface area (Å²) < 4.78 is 5.63. The monoisotopic (exact) mass is 346 g/mol. The number of hydrogen-bond acceptors (Lipinski definition) is 5. The number of rotatable bonds is 6. The van der Waals surface area contributed by atoms with E-state index in [-0.39, 0.29) is 0 Å². The minimum Gasteiger partial charge on any atom is -0.420 e. The molecule has 0 bridgehead atoms. The van der Waals surface area contributed by atoms with E-state index in [0.717, 1.165) is 11.1 Å². The van der Waals surface area contributed by atoms with Crippen molar-refractivity contribution in [2.45, 2.75) is 11.9 Å². The van der Waals surface area contributed by atoms with Gasteiger partial charge in [-0.15, -0.1) is 22.0 Å². The van der Waals surface area contributed by atoms with Crippen LogP contribution in [0.4, 0.5) is 0 Å². The van der Waals surface area contributed by atoms with Gasteiger partial charge in [0.2, 0.25) is 11.8 Å². The zero-order valence-corrected chi connectivity index (χ0v) is 13.8. The second-order valence-electron chi connectivity index (χ2n) is 4.95. The van der Waals surface area contributed by atoms with Gasteiger partial charge >= 0.3 is 0 Å². The van der Waals surface area contributed by atoms with Crippen LogP contribution in [0.2, 0.25) is 5.02 Å². The molecule has 1 heterocycles. The third-order valence-corrected chi connectivity index (χ3v) is 4.50. The predicted molar refractivity (Wildman–Crippen MR) is 92.3 cm³/mol. The molecular weight excluding hydrogens is 332 g/mol. The van der Waals surface area contributed by atoms with Gasteiger partial charge in [-0.2, -0.15) is 0 Å². The van der Waals surface area contributed by atoms with Crippen molar-refractivity contribution in [1.29, 1.82) is 0 Å². The first-order valence-corrected chi connectivity index (χ1v) is 8.65. The molecule has 3 rings (SSSR count). The summed E-state index contributed by atoms with van der Waals surface area (Å²) in [5.74, 6) is 2.15. The number of hydrogen-bond donors (Lipinski definition) is 1. The van der Waals surface area contributed by atoms with E-state index in [9.17, 15) is 5.11 Å². The Morgan fingerprint density at radius 1 is 1.04 bits per heavy atom. The van der Waals surface area contributed by atoms with Gasteiger partial charge in [0.05, 0.1) is 11.9 Å². The second kappa shape index (κ2) is 7.64. The lowest BCUT2D eigenvalue weighted by atomic mass is 10.1. The largest absolute Gasteiger partial charge is 0.420 e. The van der Waals surface area contributed by atoms with Crippen LogP contribution in [0.1, 0.15) is 17.6 Å².